The lowest BCUT2D eigenvalue weighted by molar-refractivity contribution is 0.871. The lowest BCUT2D eigenvalue weighted by Gasteiger charge is -2.01. The molecule has 42 heavy (non-hydrogen) atoms. The van der Waals surface area contributed by atoms with Crippen LogP contribution in [0.4, 0.5) is 0 Å². The van der Waals surface area contributed by atoms with Gasteiger partial charge in [0.2, 0.25) is 9.54 Å². The van der Waals surface area contributed by atoms with Gasteiger partial charge >= 0.3 is 0 Å². The summed E-state index contributed by atoms with van der Waals surface area (Å²) in [6.07, 6.45) is 3.53. The van der Waals surface area contributed by atoms with E-state index in [1.54, 1.807) is 21.8 Å². The molecule has 0 radical (unpaired) electrons. The van der Waals surface area contributed by atoms with Crippen molar-refractivity contribution in [2.45, 2.75) is 13.8 Å². The smallest absolute Gasteiger partial charge is 0.216 e. The van der Waals surface area contributed by atoms with Crippen molar-refractivity contribution < 1.29 is 0 Å². The van der Waals surface area contributed by atoms with Gasteiger partial charge in [-0.25, -0.2) is 10.2 Å². The number of nitrogens with one attached hydrogen (secondary N) is 2. The predicted molar refractivity (Wildman–Crippen MR) is 174 cm³/mol. The van der Waals surface area contributed by atoms with Gasteiger partial charge in [0.25, 0.3) is 0 Å². The molecule has 2 heterocycles. The summed E-state index contributed by atoms with van der Waals surface area (Å²) in [5.74, 6) is 1.40. The molecule has 8 nitrogen and oxygen atoms in total. The van der Waals surface area contributed by atoms with Crippen LogP contribution in [0.25, 0.3) is 22.8 Å². The third kappa shape index (κ3) is 7.17. The molecule has 10 heteroatoms. The van der Waals surface area contributed by atoms with Crippen molar-refractivity contribution in [2.24, 2.45) is 10.2 Å². The summed E-state index contributed by atoms with van der Waals surface area (Å²) < 4.78 is 4.20. The lowest BCUT2D eigenvalue weighted by atomic mass is 10.1. The molecule has 6 aromatic rings. The second-order valence-corrected chi connectivity index (χ2v) is 10.1. The molecule has 4 aromatic carbocycles. The highest BCUT2D eigenvalue weighted by Gasteiger charge is 2.08. The molecule has 2 N–H and O–H groups in total. The second-order valence-electron chi connectivity index (χ2n) is 9.37. The zero-order valence-corrected chi connectivity index (χ0v) is 24.7. The molecular formula is C32H28N8S2. The van der Waals surface area contributed by atoms with Gasteiger partial charge in [0.05, 0.1) is 12.4 Å². The maximum Gasteiger partial charge on any atom is 0.216 e. The summed E-state index contributed by atoms with van der Waals surface area (Å²) in [6.45, 7) is 4.10. The van der Waals surface area contributed by atoms with Crippen LogP contribution < -0.4 is 0 Å². The number of benzene rings is 4. The van der Waals surface area contributed by atoms with Gasteiger partial charge in [-0.1, -0.05) is 120 Å². The summed E-state index contributed by atoms with van der Waals surface area (Å²) in [4.78, 5) is 0. The molecule has 0 aliphatic rings. The molecule has 0 saturated heterocycles. The molecule has 0 spiro atoms. The molecule has 0 fully saturated rings. The van der Waals surface area contributed by atoms with E-state index in [9.17, 15) is 0 Å². The van der Waals surface area contributed by atoms with Gasteiger partial charge in [-0.3, -0.25) is 0 Å². The molecule has 0 amide bonds. The lowest BCUT2D eigenvalue weighted by Crippen LogP contribution is -1.95. The quantitative estimate of drug-likeness (QED) is 0.155. The molecule has 0 atom stereocenters. The molecular weight excluding hydrogens is 561 g/mol. The van der Waals surface area contributed by atoms with Crippen molar-refractivity contribution in [3.63, 3.8) is 0 Å². The van der Waals surface area contributed by atoms with Crippen molar-refractivity contribution in [3.8, 4) is 22.8 Å². The topological polar surface area (TPSA) is 91.9 Å². The van der Waals surface area contributed by atoms with E-state index in [4.69, 9.17) is 24.4 Å². The molecule has 208 valence electrons. The number of hydrogen-bond donors (Lipinski definition) is 2. The summed E-state index contributed by atoms with van der Waals surface area (Å²) >= 11 is 10.5. The summed E-state index contributed by atoms with van der Waals surface area (Å²) in [6, 6.07) is 36.0. The molecule has 2 aromatic heterocycles. The van der Waals surface area contributed by atoms with E-state index in [0.29, 0.717) is 21.2 Å². The van der Waals surface area contributed by atoms with Gasteiger partial charge < -0.3 is 0 Å². The minimum atomic E-state index is 0.470. The van der Waals surface area contributed by atoms with Gasteiger partial charge in [0, 0.05) is 11.1 Å². The van der Waals surface area contributed by atoms with Crippen molar-refractivity contribution in [1.29, 1.82) is 0 Å². The maximum atomic E-state index is 5.25. The Labute approximate surface area is 253 Å². The predicted octanol–water partition coefficient (Wildman–Crippen LogP) is 7.60. The number of aromatic amines is 2. The Bertz CT molecular complexity index is 1770. The van der Waals surface area contributed by atoms with Gasteiger partial charge in [-0.2, -0.15) is 29.8 Å². The first-order chi connectivity index (χ1) is 20.5. The summed E-state index contributed by atoms with van der Waals surface area (Å²) in [5, 5.41) is 23.0. The zero-order chi connectivity index (χ0) is 29.3. The minimum absolute atomic E-state index is 0.470. The third-order valence-electron chi connectivity index (χ3n) is 6.16. The van der Waals surface area contributed by atoms with Crippen LogP contribution in [0.15, 0.2) is 119 Å². The van der Waals surface area contributed by atoms with E-state index < -0.39 is 0 Å². The SMILES string of the molecule is Cc1ccc(-c2n[nH]c(=S)n2N=Cc2ccccc2)cc1.Cc1ccc(-c2n[nH]c(=S)n2N=Cc2ccccc2)cc1. The van der Waals surface area contributed by atoms with E-state index in [1.807, 2.05) is 109 Å². The Morgan fingerprint density at radius 1 is 0.548 bits per heavy atom. The Morgan fingerprint density at radius 3 is 1.26 bits per heavy atom. The average Bonchev–Trinajstić information content (AvgIpc) is 3.58. The largest absolute Gasteiger partial charge is 0.250 e. The number of aryl methyl sites for hydroxylation is 2. The van der Waals surface area contributed by atoms with Crippen LogP contribution in [0, 0.1) is 23.4 Å². The van der Waals surface area contributed by atoms with Gasteiger partial charge in [0.15, 0.2) is 11.6 Å². The first-order valence-corrected chi connectivity index (χ1v) is 14.0. The third-order valence-corrected chi connectivity index (χ3v) is 6.69. The fourth-order valence-electron chi connectivity index (χ4n) is 3.90. The van der Waals surface area contributed by atoms with Crippen molar-refractivity contribution in [2.75, 3.05) is 0 Å². The first-order valence-electron chi connectivity index (χ1n) is 13.2. The molecule has 0 aliphatic carbocycles. The molecule has 0 aliphatic heterocycles. The van der Waals surface area contributed by atoms with Gasteiger partial charge in [0.1, 0.15) is 0 Å². The molecule has 6 rings (SSSR count). The highest BCUT2D eigenvalue weighted by atomic mass is 32.1. The van der Waals surface area contributed by atoms with Crippen molar-refractivity contribution in [3.05, 3.63) is 141 Å². The average molecular weight is 589 g/mol. The van der Waals surface area contributed by atoms with Crippen LogP contribution in [0.5, 0.6) is 0 Å². The van der Waals surface area contributed by atoms with Crippen molar-refractivity contribution >= 4 is 36.9 Å². The maximum absolute atomic E-state index is 5.25. The molecule has 0 saturated carbocycles. The van der Waals surface area contributed by atoms with Crippen LogP contribution in [0.2, 0.25) is 0 Å². The number of nitrogens with zero attached hydrogens (tertiary/aromatic N) is 6. The fraction of sp³-hybridized carbons (Fsp3) is 0.0625. The van der Waals surface area contributed by atoms with Crippen LogP contribution in [-0.4, -0.2) is 42.2 Å². The van der Waals surface area contributed by atoms with Crippen LogP contribution in [-0.2, 0) is 0 Å². The number of hydrogen-bond acceptors (Lipinski definition) is 6. The van der Waals surface area contributed by atoms with Gasteiger partial charge in [-0.05, 0) is 49.4 Å². The summed E-state index contributed by atoms with van der Waals surface area (Å²) in [7, 11) is 0. The minimum Gasteiger partial charge on any atom is -0.250 e. The standard InChI is InChI=1S/2C16H14N4S/c2*1-12-7-9-14(10-8-12)15-18-19-16(21)20(15)17-11-13-5-3-2-4-6-13/h2*2-11H,1H3,(H,19,21). The Morgan fingerprint density at radius 2 is 0.905 bits per heavy atom. The first kappa shape index (κ1) is 28.5. The van der Waals surface area contributed by atoms with Crippen molar-refractivity contribution in [1.82, 2.24) is 29.7 Å². The highest BCUT2D eigenvalue weighted by Crippen LogP contribution is 2.19. The Balaban J connectivity index is 0.000000168. The number of rotatable bonds is 6. The van der Waals surface area contributed by atoms with E-state index in [-0.39, 0.29) is 0 Å². The van der Waals surface area contributed by atoms with E-state index in [2.05, 4.69) is 44.4 Å². The molecule has 0 bridgehead atoms. The normalized spacial score (nSPS) is 11.1. The number of H-pyrrole nitrogens is 2. The van der Waals surface area contributed by atoms with Crippen LogP contribution in [0.1, 0.15) is 22.3 Å². The van der Waals surface area contributed by atoms with E-state index in [0.717, 1.165) is 22.3 Å². The second kappa shape index (κ2) is 13.5. The zero-order valence-electron chi connectivity index (χ0n) is 23.0. The van der Waals surface area contributed by atoms with Gasteiger partial charge in [-0.15, -0.1) is 0 Å². The highest BCUT2D eigenvalue weighted by molar-refractivity contribution is 7.71. The van der Waals surface area contributed by atoms with Crippen LogP contribution >= 0.6 is 24.4 Å². The van der Waals surface area contributed by atoms with E-state index >= 15 is 0 Å². The fourth-order valence-corrected chi connectivity index (χ4v) is 4.26. The Hall–Kier alpha value is -5.06. The number of aromatic nitrogens is 6. The van der Waals surface area contributed by atoms with Crippen LogP contribution in [0.3, 0.4) is 0 Å². The molecule has 0 unspecified atom stereocenters. The summed E-state index contributed by atoms with van der Waals surface area (Å²) in [5.41, 5.74) is 6.36. The van der Waals surface area contributed by atoms with E-state index in [1.165, 1.54) is 11.1 Å². The Kier molecular flexibility index (Phi) is 9.17. The monoisotopic (exact) mass is 588 g/mol.